The van der Waals surface area contributed by atoms with Crippen molar-refractivity contribution in [2.24, 2.45) is 5.92 Å². The van der Waals surface area contributed by atoms with E-state index in [4.69, 9.17) is 4.74 Å². The number of rotatable bonds is 6. The van der Waals surface area contributed by atoms with Gasteiger partial charge in [-0.1, -0.05) is 30.3 Å². The molecule has 26 heavy (non-hydrogen) atoms. The number of aliphatic hydroxyl groups is 1. The highest BCUT2D eigenvalue weighted by Crippen LogP contribution is 2.35. The molecule has 2 atom stereocenters. The molecule has 1 N–H and O–H groups in total. The second kappa shape index (κ2) is 8.31. The predicted molar refractivity (Wildman–Crippen MR) is 86.6 cm³/mol. The van der Waals surface area contributed by atoms with Gasteiger partial charge in [0.25, 0.3) is 0 Å². The summed E-state index contributed by atoms with van der Waals surface area (Å²) in [5, 5.41) is 10.5. The lowest BCUT2D eigenvalue weighted by molar-refractivity contribution is -0.153. The van der Waals surface area contributed by atoms with Crippen molar-refractivity contribution < 1.29 is 32.2 Å². The highest BCUT2D eigenvalue weighted by molar-refractivity contribution is 5.74. The molecule has 0 aliphatic carbocycles. The average molecular weight is 370 g/mol. The zero-order chi connectivity index (χ0) is 19.3. The molecule has 140 valence electrons. The van der Waals surface area contributed by atoms with Crippen LogP contribution >= 0.6 is 0 Å². The van der Waals surface area contributed by atoms with Crippen LogP contribution in [0.15, 0.2) is 48.5 Å². The van der Waals surface area contributed by atoms with Crippen LogP contribution in [0.5, 0.6) is 0 Å². The van der Waals surface area contributed by atoms with Gasteiger partial charge in [-0.3, -0.25) is 4.79 Å². The summed E-state index contributed by atoms with van der Waals surface area (Å²) in [6.45, 7) is 1.58. The Kier molecular flexibility index (Phi) is 6.37. The molecule has 0 heterocycles. The summed E-state index contributed by atoms with van der Waals surface area (Å²) in [7, 11) is 0. The number of carbonyl (C=O) groups excluding carboxylic acids is 1. The second-order valence-corrected chi connectivity index (χ2v) is 5.71. The van der Waals surface area contributed by atoms with Gasteiger partial charge >= 0.3 is 12.1 Å². The molecule has 2 aromatic carbocycles. The fourth-order valence-electron chi connectivity index (χ4n) is 2.68. The minimum absolute atomic E-state index is 0.0202. The molecular weight excluding hydrogens is 352 g/mol. The molecule has 7 heteroatoms. The maximum absolute atomic E-state index is 13.2. The number of esters is 1. The van der Waals surface area contributed by atoms with E-state index in [1.807, 2.05) is 0 Å². The third kappa shape index (κ3) is 4.82. The standard InChI is InChI=1S/C19H18F4O3/c1-2-26-18(25)15(17(24)12-7-9-14(20)10-8-12)11-13-5-3-4-6-16(13)19(21,22)23/h3-10,15,17,24H,2,11H2,1H3. The van der Waals surface area contributed by atoms with E-state index in [1.165, 1.54) is 30.3 Å². The zero-order valence-electron chi connectivity index (χ0n) is 14.0. The first kappa shape index (κ1) is 19.9. The molecule has 0 fully saturated rings. The first-order valence-corrected chi connectivity index (χ1v) is 7.99. The molecule has 0 saturated heterocycles. The molecule has 0 spiro atoms. The Morgan fingerprint density at radius 1 is 1.12 bits per heavy atom. The lowest BCUT2D eigenvalue weighted by Crippen LogP contribution is -2.27. The Bertz CT molecular complexity index is 741. The molecule has 0 aliphatic heterocycles. The lowest BCUT2D eigenvalue weighted by Gasteiger charge is -2.23. The quantitative estimate of drug-likeness (QED) is 0.609. The van der Waals surface area contributed by atoms with Crippen molar-refractivity contribution in [1.29, 1.82) is 0 Å². The lowest BCUT2D eigenvalue weighted by atomic mass is 9.88. The minimum Gasteiger partial charge on any atom is -0.466 e. The van der Waals surface area contributed by atoms with Gasteiger partial charge in [0.1, 0.15) is 5.82 Å². The van der Waals surface area contributed by atoms with Crippen LogP contribution in [0.2, 0.25) is 0 Å². The monoisotopic (exact) mass is 370 g/mol. The first-order valence-electron chi connectivity index (χ1n) is 7.99. The van der Waals surface area contributed by atoms with Crippen LogP contribution in [0.1, 0.15) is 29.7 Å². The first-order chi connectivity index (χ1) is 12.2. The second-order valence-electron chi connectivity index (χ2n) is 5.71. The van der Waals surface area contributed by atoms with E-state index in [0.717, 1.165) is 18.2 Å². The van der Waals surface area contributed by atoms with Crippen LogP contribution in [0, 0.1) is 11.7 Å². The maximum Gasteiger partial charge on any atom is 0.416 e. The Balaban J connectivity index is 2.37. The van der Waals surface area contributed by atoms with Gasteiger partial charge in [0.15, 0.2) is 0 Å². The molecule has 2 unspecified atom stereocenters. The van der Waals surface area contributed by atoms with Crippen molar-refractivity contribution in [3.63, 3.8) is 0 Å². The van der Waals surface area contributed by atoms with E-state index in [0.29, 0.717) is 0 Å². The van der Waals surface area contributed by atoms with E-state index in [1.54, 1.807) is 6.92 Å². The molecule has 0 bridgehead atoms. The summed E-state index contributed by atoms with van der Waals surface area (Å²) < 4.78 is 57.6. The van der Waals surface area contributed by atoms with E-state index in [2.05, 4.69) is 0 Å². The van der Waals surface area contributed by atoms with Gasteiger partial charge < -0.3 is 9.84 Å². The number of halogens is 4. The third-order valence-corrected chi connectivity index (χ3v) is 3.94. The Hall–Kier alpha value is -2.41. The molecule has 2 rings (SSSR count). The van der Waals surface area contributed by atoms with Gasteiger partial charge in [-0.15, -0.1) is 0 Å². The van der Waals surface area contributed by atoms with Crippen LogP contribution in [-0.4, -0.2) is 17.7 Å². The summed E-state index contributed by atoms with van der Waals surface area (Å²) in [6, 6.07) is 9.62. The third-order valence-electron chi connectivity index (χ3n) is 3.94. The van der Waals surface area contributed by atoms with E-state index in [9.17, 15) is 27.5 Å². The molecular formula is C19H18F4O3. The normalized spacial score (nSPS) is 13.9. The van der Waals surface area contributed by atoms with Crippen molar-refractivity contribution in [1.82, 2.24) is 0 Å². The van der Waals surface area contributed by atoms with Gasteiger partial charge in [0.2, 0.25) is 0 Å². The Morgan fingerprint density at radius 3 is 2.31 bits per heavy atom. The number of carbonyl (C=O) groups is 1. The summed E-state index contributed by atoms with van der Waals surface area (Å²) in [4.78, 5) is 12.3. The van der Waals surface area contributed by atoms with Crippen molar-refractivity contribution in [2.75, 3.05) is 6.61 Å². The maximum atomic E-state index is 13.2. The van der Waals surface area contributed by atoms with Crippen LogP contribution in [0.3, 0.4) is 0 Å². The number of hydrogen-bond donors (Lipinski definition) is 1. The van der Waals surface area contributed by atoms with Gasteiger partial charge in [0, 0.05) is 0 Å². The van der Waals surface area contributed by atoms with Crippen LogP contribution in [-0.2, 0) is 22.1 Å². The number of hydrogen-bond acceptors (Lipinski definition) is 3. The average Bonchev–Trinajstić information content (AvgIpc) is 2.59. The van der Waals surface area contributed by atoms with Crippen LogP contribution in [0.4, 0.5) is 17.6 Å². The number of ether oxygens (including phenoxy) is 1. The molecule has 0 aromatic heterocycles. The summed E-state index contributed by atoms with van der Waals surface area (Å²) in [5.41, 5.74) is -0.784. The molecule has 0 aliphatic rings. The van der Waals surface area contributed by atoms with E-state index < -0.39 is 35.5 Å². The SMILES string of the molecule is CCOC(=O)C(Cc1ccccc1C(F)(F)F)C(O)c1ccc(F)cc1. The molecule has 0 saturated carbocycles. The number of benzene rings is 2. The van der Waals surface area contributed by atoms with Crippen LogP contribution in [0.25, 0.3) is 0 Å². The van der Waals surface area contributed by atoms with Crippen molar-refractivity contribution in [2.45, 2.75) is 25.6 Å². The van der Waals surface area contributed by atoms with Crippen LogP contribution < -0.4 is 0 Å². The molecule has 2 aromatic rings. The van der Waals surface area contributed by atoms with Gasteiger partial charge in [-0.05, 0) is 42.7 Å². The summed E-state index contributed by atoms with van der Waals surface area (Å²) >= 11 is 0. The topological polar surface area (TPSA) is 46.5 Å². The molecule has 0 radical (unpaired) electrons. The minimum atomic E-state index is -4.59. The van der Waals surface area contributed by atoms with Gasteiger partial charge in [-0.2, -0.15) is 13.2 Å². The predicted octanol–water partition coefficient (Wildman–Crippen LogP) is 4.30. The largest absolute Gasteiger partial charge is 0.466 e. The van der Waals surface area contributed by atoms with Gasteiger partial charge in [0.05, 0.1) is 24.2 Å². The summed E-state index contributed by atoms with van der Waals surface area (Å²) in [5.74, 6) is -2.61. The zero-order valence-corrected chi connectivity index (χ0v) is 14.0. The fourth-order valence-corrected chi connectivity index (χ4v) is 2.68. The van der Waals surface area contributed by atoms with E-state index >= 15 is 0 Å². The van der Waals surface area contributed by atoms with Crippen molar-refractivity contribution in [3.8, 4) is 0 Å². The highest BCUT2D eigenvalue weighted by Gasteiger charge is 2.36. The summed E-state index contributed by atoms with van der Waals surface area (Å²) in [6.07, 6.45) is -6.39. The highest BCUT2D eigenvalue weighted by atomic mass is 19.4. The smallest absolute Gasteiger partial charge is 0.416 e. The number of alkyl halides is 3. The fraction of sp³-hybridized carbons (Fsp3) is 0.316. The number of aliphatic hydroxyl groups excluding tert-OH is 1. The van der Waals surface area contributed by atoms with E-state index in [-0.39, 0.29) is 24.2 Å². The Labute approximate surface area is 148 Å². The van der Waals surface area contributed by atoms with Gasteiger partial charge in [-0.25, -0.2) is 4.39 Å². The van der Waals surface area contributed by atoms with Crippen molar-refractivity contribution in [3.05, 3.63) is 71.0 Å². The van der Waals surface area contributed by atoms with Crippen molar-refractivity contribution >= 4 is 5.97 Å². The molecule has 0 amide bonds. The molecule has 3 nitrogen and oxygen atoms in total. The Morgan fingerprint density at radius 2 is 1.73 bits per heavy atom.